The van der Waals surface area contributed by atoms with Crippen molar-refractivity contribution in [3.63, 3.8) is 0 Å². The lowest BCUT2D eigenvalue weighted by Gasteiger charge is -2.17. The Morgan fingerprint density at radius 3 is 3.06 bits per heavy atom. The fourth-order valence-corrected chi connectivity index (χ4v) is 3.38. The fourth-order valence-electron chi connectivity index (χ4n) is 2.15. The standard InChI is InChI=1S/C13H13NO3S/c15-13(16)8-4-5-9-10(7-8)17-12(14-9)11-3-1-2-6-18-11/h4-5,7,11H,1-3,6H2,(H,15,16). The third-order valence-electron chi connectivity index (χ3n) is 3.11. The number of hydrogen-bond acceptors (Lipinski definition) is 4. The highest BCUT2D eigenvalue weighted by Gasteiger charge is 2.21. The van der Waals surface area contributed by atoms with Crippen LogP contribution in [-0.2, 0) is 0 Å². The van der Waals surface area contributed by atoms with Crippen LogP contribution in [0, 0.1) is 0 Å². The number of nitrogens with zero attached hydrogens (tertiary/aromatic N) is 1. The highest BCUT2D eigenvalue weighted by molar-refractivity contribution is 7.99. The second-order valence-corrected chi connectivity index (χ2v) is 5.71. The number of rotatable bonds is 2. The van der Waals surface area contributed by atoms with Crippen LogP contribution in [0.1, 0.15) is 40.8 Å². The largest absolute Gasteiger partial charge is 0.478 e. The van der Waals surface area contributed by atoms with Crippen LogP contribution in [0.25, 0.3) is 11.1 Å². The molecule has 0 bridgehead atoms. The molecule has 2 heterocycles. The van der Waals surface area contributed by atoms with Gasteiger partial charge in [-0.3, -0.25) is 0 Å². The van der Waals surface area contributed by atoms with Crippen LogP contribution in [0.3, 0.4) is 0 Å². The van der Waals surface area contributed by atoms with Crippen LogP contribution >= 0.6 is 11.8 Å². The Morgan fingerprint density at radius 2 is 2.33 bits per heavy atom. The van der Waals surface area contributed by atoms with E-state index in [0.29, 0.717) is 10.8 Å². The second kappa shape index (κ2) is 4.65. The maximum Gasteiger partial charge on any atom is 0.335 e. The van der Waals surface area contributed by atoms with Crippen molar-refractivity contribution < 1.29 is 14.3 Å². The van der Waals surface area contributed by atoms with Crippen molar-refractivity contribution in [2.24, 2.45) is 0 Å². The number of carbonyl (C=O) groups is 1. The molecule has 0 amide bonds. The molecule has 1 aromatic carbocycles. The van der Waals surface area contributed by atoms with Crippen LogP contribution in [-0.4, -0.2) is 21.8 Å². The number of oxazole rings is 1. The monoisotopic (exact) mass is 263 g/mol. The summed E-state index contributed by atoms with van der Waals surface area (Å²) in [5, 5.41) is 9.25. The molecule has 3 rings (SSSR count). The zero-order chi connectivity index (χ0) is 12.5. The van der Waals surface area contributed by atoms with Crippen LogP contribution in [0.15, 0.2) is 22.6 Å². The van der Waals surface area contributed by atoms with E-state index in [1.165, 1.54) is 12.8 Å². The van der Waals surface area contributed by atoms with E-state index in [1.807, 2.05) is 11.8 Å². The maximum absolute atomic E-state index is 10.9. The van der Waals surface area contributed by atoms with Crippen LogP contribution in [0.4, 0.5) is 0 Å². The zero-order valence-corrected chi connectivity index (χ0v) is 10.6. The van der Waals surface area contributed by atoms with Gasteiger partial charge in [-0.05, 0) is 36.8 Å². The van der Waals surface area contributed by atoms with Crippen LogP contribution in [0.2, 0.25) is 0 Å². The molecule has 1 fully saturated rings. The number of aromatic carboxylic acids is 1. The normalized spacial score (nSPS) is 20.1. The molecule has 1 N–H and O–H groups in total. The predicted molar refractivity (Wildman–Crippen MR) is 70.0 cm³/mol. The number of carboxylic acid groups (broad SMARTS) is 1. The molecule has 1 saturated heterocycles. The topological polar surface area (TPSA) is 63.3 Å². The van der Waals surface area contributed by atoms with E-state index in [1.54, 1.807) is 18.2 Å². The molecule has 0 aliphatic carbocycles. The highest BCUT2D eigenvalue weighted by Crippen LogP contribution is 2.38. The van der Waals surface area contributed by atoms with Crippen molar-refractivity contribution in [1.82, 2.24) is 4.98 Å². The minimum atomic E-state index is -0.943. The Balaban J connectivity index is 1.97. The molecule has 94 valence electrons. The van der Waals surface area contributed by atoms with E-state index in [4.69, 9.17) is 9.52 Å². The summed E-state index contributed by atoms with van der Waals surface area (Å²) in [7, 11) is 0. The molecule has 2 aromatic rings. The molecule has 18 heavy (non-hydrogen) atoms. The molecule has 1 aliphatic heterocycles. The van der Waals surface area contributed by atoms with Gasteiger partial charge in [0.05, 0.1) is 10.8 Å². The molecule has 1 aliphatic rings. The molecule has 0 spiro atoms. The van der Waals surface area contributed by atoms with Gasteiger partial charge in [0.15, 0.2) is 5.58 Å². The summed E-state index contributed by atoms with van der Waals surface area (Å²) in [5.74, 6) is 0.933. The van der Waals surface area contributed by atoms with Gasteiger partial charge in [0, 0.05) is 0 Å². The SMILES string of the molecule is O=C(O)c1ccc2nc(C3CCCCS3)oc2c1. The summed E-state index contributed by atoms with van der Waals surface area (Å²) >= 11 is 1.87. The van der Waals surface area contributed by atoms with Gasteiger partial charge >= 0.3 is 5.97 Å². The quantitative estimate of drug-likeness (QED) is 0.898. The Bertz CT molecular complexity index is 587. The van der Waals surface area contributed by atoms with Crippen LogP contribution < -0.4 is 0 Å². The van der Waals surface area contributed by atoms with Crippen molar-refractivity contribution >= 4 is 28.8 Å². The summed E-state index contributed by atoms with van der Waals surface area (Å²) in [4.78, 5) is 15.3. The third kappa shape index (κ3) is 2.10. The summed E-state index contributed by atoms with van der Waals surface area (Å²) in [5.41, 5.74) is 1.54. The lowest BCUT2D eigenvalue weighted by molar-refractivity contribution is 0.0697. The van der Waals surface area contributed by atoms with E-state index in [-0.39, 0.29) is 5.56 Å². The molecule has 1 atom stereocenters. The van der Waals surface area contributed by atoms with Gasteiger partial charge in [0.25, 0.3) is 0 Å². The van der Waals surface area contributed by atoms with Gasteiger partial charge < -0.3 is 9.52 Å². The molecular formula is C13H13NO3S. The van der Waals surface area contributed by atoms with E-state index < -0.39 is 5.97 Å². The van der Waals surface area contributed by atoms with Gasteiger partial charge in [-0.1, -0.05) is 6.42 Å². The maximum atomic E-state index is 10.9. The number of carboxylic acids is 1. The predicted octanol–water partition coefficient (Wildman–Crippen LogP) is 3.48. The van der Waals surface area contributed by atoms with Crippen molar-refractivity contribution in [3.05, 3.63) is 29.7 Å². The van der Waals surface area contributed by atoms with Crippen molar-refractivity contribution in [3.8, 4) is 0 Å². The molecule has 1 aromatic heterocycles. The van der Waals surface area contributed by atoms with E-state index >= 15 is 0 Å². The molecule has 5 heteroatoms. The Hall–Kier alpha value is -1.49. The van der Waals surface area contributed by atoms with E-state index in [0.717, 1.165) is 23.6 Å². The van der Waals surface area contributed by atoms with Gasteiger partial charge in [-0.25, -0.2) is 9.78 Å². The lowest BCUT2D eigenvalue weighted by Crippen LogP contribution is -2.01. The van der Waals surface area contributed by atoms with Gasteiger partial charge in [-0.2, -0.15) is 0 Å². The van der Waals surface area contributed by atoms with Gasteiger partial charge in [-0.15, -0.1) is 11.8 Å². The number of thioether (sulfide) groups is 1. The number of hydrogen-bond donors (Lipinski definition) is 1. The van der Waals surface area contributed by atoms with Gasteiger partial charge in [0.1, 0.15) is 5.52 Å². The Morgan fingerprint density at radius 1 is 1.44 bits per heavy atom. The average Bonchev–Trinajstić information content (AvgIpc) is 2.82. The molecule has 0 radical (unpaired) electrons. The summed E-state index contributed by atoms with van der Waals surface area (Å²) < 4.78 is 5.70. The van der Waals surface area contributed by atoms with Gasteiger partial charge in [0.2, 0.25) is 5.89 Å². The zero-order valence-electron chi connectivity index (χ0n) is 9.76. The average molecular weight is 263 g/mol. The minimum absolute atomic E-state index is 0.237. The fraction of sp³-hybridized carbons (Fsp3) is 0.385. The Labute approximate surface area is 108 Å². The van der Waals surface area contributed by atoms with Crippen molar-refractivity contribution in [2.75, 3.05) is 5.75 Å². The lowest BCUT2D eigenvalue weighted by atomic mass is 10.2. The van der Waals surface area contributed by atoms with Crippen molar-refractivity contribution in [2.45, 2.75) is 24.5 Å². The summed E-state index contributed by atoms with van der Waals surface area (Å²) in [6.45, 7) is 0. The summed E-state index contributed by atoms with van der Waals surface area (Å²) in [6, 6.07) is 4.81. The number of fused-ring (bicyclic) bond motifs is 1. The first-order chi connectivity index (χ1) is 8.74. The third-order valence-corrected chi connectivity index (χ3v) is 4.47. The molecular weight excluding hydrogens is 250 g/mol. The van der Waals surface area contributed by atoms with E-state index in [9.17, 15) is 4.79 Å². The smallest absolute Gasteiger partial charge is 0.335 e. The first-order valence-electron chi connectivity index (χ1n) is 5.99. The molecule has 1 unspecified atom stereocenters. The highest BCUT2D eigenvalue weighted by atomic mass is 32.2. The van der Waals surface area contributed by atoms with E-state index in [2.05, 4.69) is 4.98 Å². The van der Waals surface area contributed by atoms with Crippen molar-refractivity contribution in [1.29, 1.82) is 0 Å². The summed E-state index contributed by atoms with van der Waals surface area (Å²) in [6.07, 6.45) is 3.55. The molecule has 4 nitrogen and oxygen atoms in total. The minimum Gasteiger partial charge on any atom is -0.478 e. The first-order valence-corrected chi connectivity index (χ1v) is 7.04. The van der Waals surface area contributed by atoms with Crippen LogP contribution in [0.5, 0.6) is 0 Å². The number of aromatic nitrogens is 1. The molecule has 0 saturated carbocycles. The number of benzene rings is 1. The second-order valence-electron chi connectivity index (χ2n) is 4.39. The first kappa shape index (κ1) is 11.6. The Kier molecular flexibility index (Phi) is 2.99.